The van der Waals surface area contributed by atoms with Crippen LogP contribution in [0.4, 0.5) is 0 Å². The second-order valence-corrected chi connectivity index (χ2v) is 17.2. The summed E-state index contributed by atoms with van der Waals surface area (Å²) >= 11 is 0. The van der Waals surface area contributed by atoms with Crippen molar-refractivity contribution in [1.82, 2.24) is 16.0 Å². The quantitative estimate of drug-likeness (QED) is 0.188. The number of nitrogens with one attached hydrogen (secondary N) is 3. The summed E-state index contributed by atoms with van der Waals surface area (Å²) in [7, 11) is 0. The van der Waals surface area contributed by atoms with Gasteiger partial charge in [0.05, 0.1) is 0 Å². The van der Waals surface area contributed by atoms with E-state index in [-0.39, 0.29) is 10.8 Å². The van der Waals surface area contributed by atoms with Crippen molar-refractivity contribution in [3.63, 3.8) is 0 Å². The Kier molecular flexibility index (Phi) is 11.6. The molecule has 0 amide bonds. The molecule has 0 aromatic carbocycles. The first-order valence-electron chi connectivity index (χ1n) is 16.5. The van der Waals surface area contributed by atoms with Crippen LogP contribution in [0.2, 0.25) is 0 Å². The molecule has 0 aliphatic heterocycles. The van der Waals surface area contributed by atoms with Gasteiger partial charge in [-0.1, -0.05) is 109 Å². The third-order valence-corrected chi connectivity index (χ3v) is 11.1. The minimum Gasteiger partial charge on any atom is -0.391 e. The summed E-state index contributed by atoms with van der Waals surface area (Å²) in [6.07, 6.45) is 14.2. The lowest BCUT2D eigenvalue weighted by Gasteiger charge is -2.48. The third kappa shape index (κ3) is 9.87. The van der Waals surface area contributed by atoms with Crippen LogP contribution in [0.15, 0.2) is 37.3 Å². The van der Waals surface area contributed by atoms with Crippen LogP contribution in [-0.2, 0) is 0 Å². The predicted octanol–water partition coefficient (Wildman–Crippen LogP) is 9.97. The molecule has 0 bridgehead atoms. The van der Waals surface area contributed by atoms with E-state index in [1.165, 1.54) is 75.6 Å². The summed E-state index contributed by atoms with van der Waals surface area (Å²) in [5.74, 6) is 1.07. The molecule has 2 fully saturated rings. The molecule has 0 aromatic rings. The Balaban J connectivity index is 1.87. The highest BCUT2D eigenvalue weighted by molar-refractivity contribution is 5.10. The van der Waals surface area contributed by atoms with Gasteiger partial charge < -0.3 is 16.0 Å². The van der Waals surface area contributed by atoms with Gasteiger partial charge in [-0.15, -0.1) is 0 Å². The highest BCUT2D eigenvalue weighted by Gasteiger charge is 2.42. The maximum absolute atomic E-state index is 4.60. The molecule has 2 rings (SSSR count). The van der Waals surface area contributed by atoms with Crippen LogP contribution in [0.5, 0.6) is 0 Å². The standard InChI is InChI=1S/C37H69N3/c1-15-36(13)22-31(20-33(7,8)24-36)39-29(5)27(3)18-17-19-28(4)35(11,12)30(6)40-32-21-34(9,10)25-37(14,23-32)26-38-16-2/h16,27-28,31-32,38-40H,2,5-6,15,17-26H2,1,3-4,7-14H3. The molecule has 6 unspecified atom stereocenters. The van der Waals surface area contributed by atoms with Crippen LogP contribution in [0, 0.1) is 38.9 Å². The van der Waals surface area contributed by atoms with Gasteiger partial charge in [0.1, 0.15) is 0 Å². The molecule has 3 nitrogen and oxygen atoms in total. The van der Waals surface area contributed by atoms with Gasteiger partial charge in [0.15, 0.2) is 0 Å². The minimum atomic E-state index is 0.0497. The Labute approximate surface area is 250 Å². The topological polar surface area (TPSA) is 36.1 Å². The normalized spacial score (nSPS) is 31.5. The van der Waals surface area contributed by atoms with Crippen LogP contribution >= 0.6 is 0 Å². The summed E-state index contributed by atoms with van der Waals surface area (Å²) in [6.45, 7) is 40.5. The van der Waals surface area contributed by atoms with E-state index in [4.69, 9.17) is 0 Å². The first kappa shape index (κ1) is 34.8. The van der Waals surface area contributed by atoms with E-state index in [0.717, 1.165) is 6.54 Å². The zero-order valence-electron chi connectivity index (χ0n) is 28.8. The molecule has 2 aliphatic rings. The summed E-state index contributed by atoms with van der Waals surface area (Å²) in [4.78, 5) is 0. The lowest BCUT2D eigenvalue weighted by Crippen LogP contribution is -2.49. The maximum Gasteiger partial charge on any atom is 0.0269 e. The zero-order valence-corrected chi connectivity index (χ0v) is 28.8. The Hall–Kier alpha value is -1.38. The highest BCUT2D eigenvalue weighted by atomic mass is 15.0. The first-order valence-corrected chi connectivity index (χ1v) is 16.5. The minimum absolute atomic E-state index is 0.0497. The van der Waals surface area contributed by atoms with Gasteiger partial charge in [-0.3, -0.25) is 0 Å². The van der Waals surface area contributed by atoms with Gasteiger partial charge in [-0.05, 0) is 91.1 Å². The van der Waals surface area contributed by atoms with E-state index in [2.05, 4.69) is 112 Å². The third-order valence-electron chi connectivity index (χ3n) is 11.1. The van der Waals surface area contributed by atoms with Crippen LogP contribution in [0.3, 0.4) is 0 Å². The monoisotopic (exact) mass is 556 g/mol. The van der Waals surface area contributed by atoms with Crippen LogP contribution in [-0.4, -0.2) is 18.6 Å². The second-order valence-electron chi connectivity index (χ2n) is 17.2. The Bertz CT molecular complexity index is 867. The summed E-state index contributed by atoms with van der Waals surface area (Å²) in [5.41, 5.74) is 3.92. The average molecular weight is 556 g/mol. The molecule has 0 saturated heterocycles. The van der Waals surface area contributed by atoms with Gasteiger partial charge >= 0.3 is 0 Å². The van der Waals surface area contributed by atoms with Gasteiger partial charge in [-0.2, -0.15) is 0 Å². The molecule has 0 heterocycles. The predicted molar refractivity (Wildman–Crippen MR) is 178 cm³/mol. The van der Waals surface area contributed by atoms with Gasteiger partial charge in [-0.25, -0.2) is 0 Å². The first-order chi connectivity index (χ1) is 18.3. The fraction of sp³-hybridized carbons (Fsp3) is 0.838. The van der Waals surface area contributed by atoms with Crippen LogP contribution in [0.25, 0.3) is 0 Å². The number of rotatable bonds is 15. The molecule has 3 heteroatoms. The smallest absolute Gasteiger partial charge is 0.0269 e. The molecule has 3 N–H and O–H groups in total. The van der Waals surface area contributed by atoms with E-state index in [1.54, 1.807) is 0 Å². The molecular weight excluding hydrogens is 486 g/mol. The van der Waals surface area contributed by atoms with Gasteiger partial charge in [0.25, 0.3) is 0 Å². The number of hydrogen-bond acceptors (Lipinski definition) is 3. The molecular formula is C37H69N3. The van der Waals surface area contributed by atoms with Crippen molar-refractivity contribution in [3.05, 3.63) is 37.3 Å². The van der Waals surface area contributed by atoms with Crippen LogP contribution < -0.4 is 16.0 Å². The largest absolute Gasteiger partial charge is 0.391 e. The molecule has 0 aromatic heterocycles. The molecule has 0 radical (unpaired) electrons. The Morgan fingerprint density at radius 2 is 1.38 bits per heavy atom. The molecule has 2 saturated carbocycles. The molecule has 232 valence electrons. The molecule has 40 heavy (non-hydrogen) atoms. The van der Waals surface area contributed by atoms with Crippen molar-refractivity contribution in [2.75, 3.05) is 6.54 Å². The van der Waals surface area contributed by atoms with E-state index in [0.29, 0.717) is 40.2 Å². The van der Waals surface area contributed by atoms with Crippen molar-refractivity contribution >= 4 is 0 Å². The molecule has 2 aliphatic carbocycles. The SMILES string of the molecule is C=CNCC1(C)CC(NC(=C)C(C)(C)C(C)CCCC(C)C(=C)NC2CC(C)(C)CC(C)(CC)C2)CC(C)(C)C1. The summed E-state index contributed by atoms with van der Waals surface area (Å²) < 4.78 is 0. The van der Waals surface area contributed by atoms with Crippen molar-refractivity contribution in [1.29, 1.82) is 0 Å². The second kappa shape index (κ2) is 13.3. The van der Waals surface area contributed by atoms with Crippen molar-refractivity contribution in [3.8, 4) is 0 Å². The van der Waals surface area contributed by atoms with E-state index >= 15 is 0 Å². The fourth-order valence-electron chi connectivity index (χ4n) is 8.59. The summed E-state index contributed by atoms with van der Waals surface area (Å²) in [6, 6.07) is 1.02. The van der Waals surface area contributed by atoms with Crippen molar-refractivity contribution < 1.29 is 0 Å². The highest BCUT2D eigenvalue weighted by Crippen LogP contribution is 2.49. The molecule has 0 spiro atoms. The van der Waals surface area contributed by atoms with Crippen molar-refractivity contribution in [2.24, 2.45) is 38.9 Å². The Morgan fingerprint density at radius 1 is 0.850 bits per heavy atom. The van der Waals surface area contributed by atoms with E-state index in [9.17, 15) is 0 Å². The van der Waals surface area contributed by atoms with E-state index < -0.39 is 0 Å². The van der Waals surface area contributed by atoms with Crippen LogP contribution in [0.1, 0.15) is 140 Å². The summed E-state index contributed by atoms with van der Waals surface area (Å²) in [5, 5.41) is 11.2. The van der Waals surface area contributed by atoms with Gasteiger partial charge in [0, 0.05) is 35.4 Å². The lowest BCUT2D eigenvalue weighted by atomic mass is 9.61. The zero-order chi connectivity index (χ0) is 30.6. The molecule has 6 atom stereocenters. The van der Waals surface area contributed by atoms with Gasteiger partial charge in [0.2, 0.25) is 0 Å². The van der Waals surface area contributed by atoms with E-state index in [1.807, 2.05) is 6.20 Å². The van der Waals surface area contributed by atoms with Crippen molar-refractivity contribution in [2.45, 2.75) is 152 Å². The average Bonchev–Trinajstić information content (AvgIpc) is 2.79. The lowest BCUT2D eigenvalue weighted by molar-refractivity contribution is 0.0699. The number of allylic oxidation sites excluding steroid dienone is 2. The fourth-order valence-corrected chi connectivity index (χ4v) is 8.59. The Morgan fingerprint density at radius 3 is 1.93 bits per heavy atom. The number of hydrogen-bond donors (Lipinski definition) is 3. The maximum atomic E-state index is 4.60.